The molecule has 0 spiro atoms. The summed E-state index contributed by atoms with van der Waals surface area (Å²) in [5.41, 5.74) is 0.956. The van der Waals surface area contributed by atoms with Gasteiger partial charge in [-0.2, -0.15) is 0 Å². The molecule has 1 fully saturated rings. The molecule has 1 unspecified atom stereocenters. The van der Waals surface area contributed by atoms with E-state index in [1.165, 1.54) is 6.07 Å². The van der Waals surface area contributed by atoms with Gasteiger partial charge in [-0.3, -0.25) is 5.32 Å². The summed E-state index contributed by atoms with van der Waals surface area (Å²) in [7, 11) is 0. The van der Waals surface area contributed by atoms with Crippen molar-refractivity contribution >= 4 is 5.69 Å². The fraction of sp³-hybridized carbons (Fsp3) is 0.400. The summed E-state index contributed by atoms with van der Waals surface area (Å²) in [6.45, 7) is 4.00. The second kappa shape index (κ2) is 3.34. The lowest BCUT2D eigenvalue weighted by molar-refractivity contribution is 0.623. The highest BCUT2D eigenvalue weighted by atomic mass is 19.1. The van der Waals surface area contributed by atoms with Crippen LogP contribution < -0.4 is 10.2 Å². The Balaban J connectivity index is 2.24. The smallest absolute Gasteiger partial charge is 0.125 e. The summed E-state index contributed by atoms with van der Waals surface area (Å²) in [5, 5.41) is 3.29. The maximum Gasteiger partial charge on any atom is 0.125 e. The van der Waals surface area contributed by atoms with Crippen molar-refractivity contribution in [2.24, 2.45) is 0 Å². The molecule has 1 heterocycles. The van der Waals surface area contributed by atoms with Crippen LogP contribution in [0.4, 0.5) is 10.1 Å². The minimum atomic E-state index is -0.170. The molecule has 0 amide bonds. The molecule has 0 radical (unpaired) electrons. The monoisotopic (exact) mass is 180 g/mol. The summed E-state index contributed by atoms with van der Waals surface area (Å²) < 4.78 is 12.9. The highest BCUT2D eigenvalue weighted by Gasteiger charge is 2.19. The van der Waals surface area contributed by atoms with Crippen LogP contribution in [0.2, 0.25) is 0 Å². The SMILES string of the molecule is CC1NCCN1c1cccc(F)c1. The Morgan fingerprint density at radius 3 is 3.00 bits per heavy atom. The van der Waals surface area contributed by atoms with Gasteiger partial charge in [-0.05, 0) is 25.1 Å². The normalized spacial score (nSPS) is 22.3. The average molecular weight is 180 g/mol. The van der Waals surface area contributed by atoms with E-state index < -0.39 is 0 Å². The fourth-order valence-electron chi connectivity index (χ4n) is 1.71. The zero-order chi connectivity index (χ0) is 9.26. The van der Waals surface area contributed by atoms with E-state index >= 15 is 0 Å². The molecule has 2 nitrogen and oxygen atoms in total. The maximum absolute atomic E-state index is 12.9. The van der Waals surface area contributed by atoms with Gasteiger partial charge in [0, 0.05) is 18.8 Å². The van der Waals surface area contributed by atoms with Crippen LogP contribution in [0, 0.1) is 5.82 Å². The minimum absolute atomic E-state index is 0.170. The van der Waals surface area contributed by atoms with Gasteiger partial charge >= 0.3 is 0 Å². The first-order chi connectivity index (χ1) is 6.27. The fourth-order valence-corrected chi connectivity index (χ4v) is 1.71. The molecule has 0 bridgehead atoms. The minimum Gasteiger partial charge on any atom is -0.355 e. The molecule has 2 rings (SSSR count). The largest absolute Gasteiger partial charge is 0.355 e. The second-order valence-corrected chi connectivity index (χ2v) is 3.30. The molecule has 0 aromatic heterocycles. The molecule has 1 saturated heterocycles. The number of rotatable bonds is 1. The van der Waals surface area contributed by atoms with E-state index in [1.54, 1.807) is 12.1 Å². The van der Waals surface area contributed by atoms with Crippen molar-refractivity contribution in [3.8, 4) is 0 Å². The number of nitrogens with zero attached hydrogens (tertiary/aromatic N) is 1. The summed E-state index contributed by atoms with van der Waals surface area (Å²) >= 11 is 0. The van der Waals surface area contributed by atoms with Crippen LogP contribution in [0.25, 0.3) is 0 Å². The zero-order valence-electron chi connectivity index (χ0n) is 7.63. The number of hydrogen-bond donors (Lipinski definition) is 1. The Hall–Kier alpha value is -1.09. The van der Waals surface area contributed by atoms with E-state index in [2.05, 4.69) is 17.1 Å². The molecule has 0 saturated carbocycles. The third-order valence-corrected chi connectivity index (χ3v) is 2.40. The number of halogens is 1. The molecular formula is C10H13FN2. The van der Waals surface area contributed by atoms with Gasteiger partial charge < -0.3 is 4.90 Å². The van der Waals surface area contributed by atoms with Crippen LogP contribution in [-0.4, -0.2) is 19.3 Å². The summed E-state index contributed by atoms with van der Waals surface area (Å²) in [6, 6.07) is 6.73. The van der Waals surface area contributed by atoms with Crippen LogP contribution in [-0.2, 0) is 0 Å². The average Bonchev–Trinajstić information content (AvgIpc) is 2.51. The summed E-state index contributed by atoms with van der Waals surface area (Å²) in [6.07, 6.45) is 0.307. The first-order valence-electron chi connectivity index (χ1n) is 4.53. The van der Waals surface area contributed by atoms with E-state index in [9.17, 15) is 4.39 Å². The Labute approximate surface area is 77.4 Å². The van der Waals surface area contributed by atoms with E-state index in [0.717, 1.165) is 18.8 Å². The summed E-state index contributed by atoms with van der Waals surface area (Å²) in [4.78, 5) is 2.16. The molecule has 1 aliphatic rings. The van der Waals surface area contributed by atoms with E-state index in [4.69, 9.17) is 0 Å². The highest BCUT2D eigenvalue weighted by molar-refractivity contribution is 5.48. The maximum atomic E-state index is 12.9. The third kappa shape index (κ3) is 1.65. The van der Waals surface area contributed by atoms with Crippen LogP contribution in [0.3, 0.4) is 0 Å². The number of nitrogens with one attached hydrogen (secondary N) is 1. The lowest BCUT2D eigenvalue weighted by Crippen LogP contribution is -2.32. The van der Waals surface area contributed by atoms with Crippen molar-refractivity contribution in [3.05, 3.63) is 30.1 Å². The summed E-state index contributed by atoms with van der Waals surface area (Å²) in [5.74, 6) is -0.170. The Morgan fingerprint density at radius 2 is 2.38 bits per heavy atom. The predicted octanol–water partition coefficient (Wildman–Crippen LogP) is 1.58. The van der Waals surface area contributed by atoms with Crippen molar-refractivity contribution in [3.63, 3.8) is 0 Å². The van der Waals surface area contributed by atoms with Crippen molar-refractivity contribution in [2.75, 3.05) is 18.0 Å². The molecule has 1 atom stereocenters. The van der Waals surface area contributed by atoms with Crippen molar-refractivity contribution < 1.29 is 4.39 Å². The molecule has 70 valence electrons. The molecule has 1 aromatic rings. The molecule has 1 N–H and O–H groups in total. The highest BCUT2D eigenvalue weighted by Crippen LogP contribution is 2.18. The van der Waals surface area contributed by atoms with Crippen molar-refractivity contribution in [1.82, 2.24) is 5.32 Å². The van der Waals surface area contributed by atoms with E-state index in [0.29, 0.717) is 6.17 Å². The first-order valence-corrected chi connectivity index (χ1v) is 4.53. The van der Waals surface area contributed by atoms with Gasteiger partial charge in [0.15, 0.2) is 0 Å². The van der Waals surface area contributed by atoms with Gasteiger partial charge in [0.05, 0.1) is 6.17 Å². The third-order valence-electron chi connectivity index (χ3n) is 2.40. The van der Waals surface area contributed by atoms with E-state index in [-0.39, 0.29) is 5.82 Å². The van der Waals surface area contributed by atoms with E-state index in [1.807, 2.05) is 6.07 Å². The van der Waals surface area contributed by atoms with Crippen LogP contribution in [0.15, 0.2) is 24.3 Å². The molecule has 3 heteroatoms. The van der Waals surface area contributed by atoms with Gasteiger partial charge in [-0.25, -0.2) is 4.39 Å². The van der Waals surface area contributed by atoms with Crippen molar-refractivity contribution in [2.45, 2.75) is 13.1 Å². The predicted molar refractivity (Wildman–Crippen MR) is 51.2 cm³/mol. The van der Waals surface area contributed by atoms with Gasteiger partial charge in [-0.1, -0.05) is 6.07 Å². The lowest BCUT2D eigenvalue weighted by atomic mass is 10.3. The Kier molecular flexibility index (Phi) is 2.19. The second-order valence-electron chi connectivity index (χ2n) is 3.30. The molecular weight excluding hydrogens is 167 g/mol. The lowest BCUT2D eigenvalue weighted by Gasteiger charge is -2.22. The number of anilines is 1. The van der Waals surface area contributed by atoms with Gasteiger partial charge in [0.1, 0.15) is 5.82 Å². The van der Waals surface area contributed by atoms with Gasteiger partial charge in [-0.15, -0.1) is 0 Å². The van der Waals surface area contributed by atoms with Gasteiger partial charge in [0.25, 0.3) is 0 Å². The molecule has 1 aromatic carbocycles. The zero-order valence-corrected chi connectivity index (χ0v) is 7.63. The van der Waals surface area contributed by atoms with Crippen LogP contribution in [0.1, 0.15) is 6.92 Å². The molecule has 13 heavy (non-hydrogen) atoms. The van der Waals surface area contributed by atoms with Crippen LogP contribution >= 0.6 is 0 Å². The quantitative estimate of drug-likeness (QED) is 0.706. The Bertz CT molecular complexity index is 301. The first kappa shape index (κ1) is 8.51. The van der Waals surface area contributed by atoms with Crippen molar-refractivity contribution in [1.29, 1.82) is 0 Å². The number of benzene rings is 1. The standard InChI is InChI=1S/C10H13FN2/c1-8-12-5-6-13(8)10-4-2-3-9(11)7-10/h2-4,7-8,12H,5-6H2,1H3. The molecule has 1 aliphatic heterocycles. The Morgan fingerprint density at radius 1 is 1.54 bits per heavy atom. The van der Waals surface area contributed by atoms with Crippen LogP contribution in [0.5, 0.6) is 0 Å². The number of hydrogen-bond acceptors (Lipinski definition) is 2. The van der Waals surface area contributed by atoms with Gasteiger partial charge in [0.2, 0.25) is 0 Å². The molecule has 0 aliphatic carbocycles. The topological polar surface area (TPSA) is 15.3 Å².